The molecule has 0 spiro atoms. The van der Waals surface area contributed by atoms with Gasteiger partial charge in [0.15, 0.2) is 0 Å². The minimum atomic E-state index is -0.316. The normalized spacial score (nSPS) is 12.1. The van der Waals surface area contributed by atoms with E-state index in [4.69, 9.17) is 4.74 Å². The van der Waals surface area contributed by atoms with Crippen LogP contribution in [0.4, 0.5) is 0 Å². The molecule has 3 rings (SSSR count). The second kappa shape index (κ2) is 10.5. The Kier molecular flexibility index (Phi) is 7.93. The average Bonchev–Trinajstić information content (AvgIpc) is 2.83. The fraction of sp³-hybridized carbons (Fsp3) is 0.400. The average molecular weight is 463 g/mol. The molecular formula is C30H38O4. The Bertz CT molecular complexity index is 991. The molecule has 0 unspecified atom stereocenters. The molecule has 4 heteroatoms. The Morgan fingerprint density at radius 1 is 0.647 bits per heavy atom. The van der Waals surface area contributed by atoms with E-state index in [9.17, 15) is 15.3 Å². The van der Waals surface area contributed by atoms with E-state index < -0.39 is 0 Å². The van der Waals surface area contributed by atoms with Crippen LogP contribution >= 0.6 is 0 Å². The van der Waals surface area contributed by atoms with Gasteiger partial charge in [-0.3, -0.25) is 0 Å². The number of ether oxygens (including phenoxy) is 1. The summed E-state index contributed by atoms with van der Waals surface area (Å²) in [6, 6.07) is 19.5. The second-order valence-electron chi connectivity index (χ2n) is 10.5. The molecule has 0 saturated heterocycles. The predicted molar refractivity (Wildman–Crippen MR) is 138 cm³/mol. The molecule has 0 aromatic heterocycles. The van der Waals surface area contributed by atoms with Crippen LogP contribution in [0.3, 0.4) is 0 Å². The van der Waals surface area contributed by atoms with Gasteiger partial charge >= 0.3 is 0 Å². The van der Waals surface area contributed by atoms with Crippen LogP contribution in [0.15, 0.2) is 60.7 Å². The van der Waals surface area contributed by atoms with Crippen molar-refractivity contribution in [1.82, 2.24) is 0 Å². The monoisotopic (exact) mass is 462 g/mol. The summed E-state index contributed by atoms with van der Waals surface area (Å²) in [5.74, 6) is 1.30. The summed E-state index contributed by atoms with van der Waals surface area (Å²) in [4.78, 5) is 0. The van der Waals surface area contributed by atoms with Crippen molar-refractivity contribution < 1.29 is 20.1 Å². The first-order valence-electron chi connectivity index (χ1n) is 11.9. The van der Waals surface area contributed by atoms with Crippen molar-refractivity contribution in [2.24, 2.45) is 0 Å². The smallest absolute Gasteiger partial charge is 0.119 e. The molecular weight excluding hydrogens is 424 g/mol. The summed E-state index contributed by atoms with van der Waals surface area (Å²) in [5, 5.41) is 31.2. The van der Waals surface area contributed by atoms with Crippen LogP contribution in [0.5, 0.6) is 17.2 Å². The number of aliphatic hydroxyl groups is 1. The van der Waals surface area contributed by atoms with Crippen molar-refractivity contribution in [2.45, 2.75) is 70.8 Å². The first kappa shape index (κ1) is 25.6. The molecule has 3 aromatic rings. The van der Waals surface area contributed by atoms with Crippen molar-refractivity contribution >= 4 is 0 Å². The van der Waals surface area contributed by atoms with Gasteiger partial charge < -0.3 is 20.1 Å². The summed E-state index contributed by atoms with van der Waals surface area (Å²) in [6.07, 6.45) is 3.35. The molecule has 0 saturated carbocycles. The van der Waals surface area contributed by atoms with Gasteiger partial charge in [-0.05, 0) is 77.5 Å². The van der Waals surface area contributed by atoms with Crippen molar-refractivity contribution in [3.05, 3.63) is 88.5 Å². The van der Waals surface area contributed by atoms with Gasteiger partial charge in [-0.25, -0.2) is 0 Å². The zero-order valence-electron chi connectivity index (χ0n) is 21.1. The molecule has 0 aliphatic rings. The zero-order valence-corrected chi connectivity index (χ0v) is 21.1. The van der Waals surface area contributed by atoms with Crippen LogP contribution in [0, 0.1) is 0 Å². The zero-order chi connectivity index (χ0) is 24.9. The highest BCUT2D eigenvalue weighted by Gasteiger charge is 2.30. The van der Waals surface area contributed by atoms with Crippen LogP contribution < -0.4 is 4.74 Å². The van der Waals surface area contributed by atoms with Gasteiger partial charge in [0.25, 0.3) is 0 Å². The summed E-state index contributed by atoms with van der Waals surface area (Å²) in [7, 11) is 1.66. The number of phenolic OH excluding ortho intramolecular Hbond substituents is 2. The standard InChI is InChI=1S/C30H38O4/c1-29(2,16-14-21-6-8-23(20-31)9-7-21)25-18-28(33)26(19-27(25)32)30(3,4)17-15-22-10-12-24(34-5)13-11-22/h6-13,18-19,31-33H,14-17,20H2,1-5H3. The second-order valence-corrected chi connectivity index (χ2v) is 10.5. The van der Waals surface area contributed by atoms with E-state index in [-0.39, 0.29) is 28.9 Å². The van der Waals surface area contributed by atoms with E-state index in [1.807, 2.05) is 36.4 Å². The highest BCUT2D eigenvalue weighted by Crippen LogP contribution is 2.43. The van der Waals surface area contributed by atoms with E-state index in [0.717, 1.165) is 48.1 Å². The van der Waals surface area contributed by atoms with Gasteiger partial charge in [0.1, 0.15) is 17.2 Å². The summed E-state index contributed by atoms with van der Waals surface area (Å²) < 4.78 is 5.23. The van der Waals surface area contributed by atoms with Gasteiger partial charge in [0.05, 0.1) is 13.7 Å². The first-order valence-corrected chi connectivity index (χ1v) is 11.9. The number of methoxy groups -OCH3 is 1. The van der Waals surface area contributed by atoms with E-state index >= 15 is 0 Å². The highest BCUT2D eigenvalue weighted by atomic mass is 16.5. The lowest BCUT2D eigenvalue weighted by Crippen LogP contribution is -2.21. The third-order valence-electron chi connectivity index (χ3n) is 7.01. The van der Waals surface area contributed by atoms with Crippen LogP contribution in [-0.2, 0) is 30.3 Å². The van der Waals surface area contributed by atoms with Crippen molar-refractivity contribution in [3.63, 3.8) is 0 Å². The Hall–Kier alpha value is -2.98. The number of aromatic hydroxyl groups is 2. The maximum absolute atomic E-state index is 11.0. The summed E-state index contributed by atoms with van der Waals surface area (Å²) in [6.45, 7) is 8.44. The SMILES string of the molecule is COc1ccc(CCC(C)(C)c2cc(O)c(C(C)(C)CCc3ccc(CO)cc3)cc2O)cc1. The molecule has 0 aliphatic heterocycles. The minimum absolute atomic E-state index is 0.0434. The van der Waals surface area contributed by atoms with Crippen LogP contribution in [0.25, 0.3) is 0 Å². The molecule has 3 N–H and O–H groups in total. The molecule has 0 radical (unpaired) electrons. The quantitative estimate of drug-likeness (QED) is 0.304. The van der Waals surface area contributed by atoms with E-state index in [0.29, 0.717) is 0 Å². The van der Waals surface area contributed by atoms with E-state index in [1.54, 1.807) is 19.2 Å². The Labute approximate surface area is 203 Å². The molecule has 182 valence electrons. The molecule has 0 fully saturated rings. The third kappa shape index (κ3) is 6.12. The topological polar surface area (TPSA) is 69.9 Å². The van der Waals surface area contributed by atoms with Crippen LogP contribution in [0.1, 0.15) is 68.4 Å². The number of rotatable bonds is 10. The van der Waals surface area contributed by atoms with Gasteiger partial charge in [0, 0.05) is 11.1 Å². The number of aryl methyl sites for hydroxylation is 2. The van der Waals surface area contributed by atoms with Crippen molar-refractivity contribution in [3.8, 4) is 17.2 Å². The first-order chi connectivity index (χ1) is 16.1. The van der Waals surface area contributed by atoms with Crippen LogP contribution in [0.2, 0.25) is 0 Å². The number of phenols is 2. The molecule has 0 atom stereocenters. The van der Waals surface area contributed by atoms with Crippen molar-refractivity contribution in [2.75, 3.05) is 7.11 Å². The Morgan fingerprint density at radius 3 is 1.41 bits per heavy atom. The fourth-order valence-corrected chi connectivity index (χ4v) is 4.45. The number of hydrogen-bond donors (Lipinski definition) is 3. The molecule has 0 bridgehead atoms. The van der Waals surface area contributed by atoms with Gasteiger partial charge in [-0.15, -0.1) is 0 Å². The van der Waals surface area contributed by atoms with Crippen molar-refractivity contribution in [1.29, 1.82) is 0 Å². The van der Waals surface area contributed by atoms with Gasteiger partial charge in [-0.1, -0.05) is 64.1 Å². The molecule has 34 heavy (non-hydrogen) atoms. The fourth-order valence-electron chi connectivity index (χ4n) is 4.45. The molecule has 3 aromatic carbocycles. The molecule has 0 heterocycles. The predicted octanol–water partition coefficient (Wildman–Crippen LogP) is 6.42. The Morgan fingerprint density at radius 2 is 1.03 bits per heavy atom. The minimum Gasteiger partial charge on any atom is -0.508 e. The molecule has 0 aliphatic carbocycles. The largest absolute Gasteiger partial charge is 0.508 e. The molecule has 0 amide bonds. The summed E-state index contributed by atoms with van der Waals surface area (Å²) >= 11 is 0. The lowest BCUT2D eigenvalue weighted by atomic mass is 9.75. The van der Waals surface area contributed by atoms with E-state index in [2.05, 4.69) is 39.8 Å². The molecule has 4 nitrogen and oxygen atoms in total. The lowest BCUT2D eigenvalue weighted by molar-refractivity contribution is 0.282. The Balaban J connectivity index is 1.73. The number of aliphatic hydroxyl groups excluding tert-OH is 1. The van der Waals surface area contributed by atoms with Gasteiger partial charge in [0.2, 0.25) is 0 Å². The highest BCUT2D eigenvalue weighted by molar-refractivity contribution is 5.51. The third-order valence-corrected chi connectivity index (χ3v) is 7.01. The summed E-state index contributed by atoms with van der Waals surface area (Å²) in [5.41, 5.74) is 4.19. The maximum Gasteiger partial charge on any atom is 0.119 e. The number of hydrogen-bond acceptors (Lipinski definition) is 4. The lowest BCUT2D eigenvalue weighted by Gasteiger charge is -2.30. The van der Waals surface area contributed by atoms with Crippen LogP contribution in [-0.4, -0.2) is 22.4 Å². The van der Waals surface area contributed by atoms with E-state index in [1.165, 1.54) is 11.1 Å². The van der Waals surface area contributed by atoms with Gasteiger partial charge in [-0.2, -0.15) is 0 Å². The number of benzene rings is 3. The maximum atomic E-state index is 11.0.